The molecular formula is C21H18FN9O. The Morgan fingerprint density at radius 1 is 1.22 bits per heavy atom. The first-order valence-electron chi connectivity index (χ1n) is 9.59. The lowest BCUT2D eigenvalue weighted by molar-refractivity contribution is 0.619. The van der Waals surface area contributed by atoms with Gasteiger partial charge in [-0.1, -0.05) is 12.1 Å². The predicted molar refractivity (Wildman–Crippen MR) is 118 cm³/mol. The number of nitrogens with zero attached hydrogens (tertiary/aromatic N) is 7. The van der Waals surface area contributed by atoms with Crippen molar-refractivity contribution in [1.82, 2.24) is 24.5 Å². The molecule has 11 heteroatoms. The summed E-state index contributed by atoms with van der Waals surface area (Å²) in [5.41, 5.74) is 12.5. The summed E-state index contributed by atoms with van der Waals surface area (Å²) < 4.78 is 15.3. The summed E-state index contributed by atoms with van der Waals surface area (Å²) in [5.74, 6) is -0.699. The van der Waals surface area contributed by atoms with E-state index in [1.165, 1.54) is 21.7 Å². The van der Waals surface area contributed by atoms with Crippen molar-refractivity contribution in [1.29, 1.82) is 5.26 Å². The maximum absolute atomic E-state index is 14.0. The molecule has 0 bridgehead atoms. The molecule has 0 fully saturated rings. The standard InChI is InChI=1S/C21H18FN9O/c1-3-30(18-14(8-23)17(24)28-20(25)29-18)21-27-15-6-4-5-11(2)16(15)19(32)31(21)13-7-12(22)9-26-10-13/h4-7,9-10H,3H2,1-2H3,(H4,24,25,28,29). The summed E-state index contributed by atoms with van der Waals surface area (Å²) in [5, 5.41) is 10.0. The van der Waals surface area contributed by atoms with Crippen molar-refractivity contribution >= 4 is 34.4 Å². The lowest BCUT2D eigenvalue weighted by Crippen LogP contribution is -2.31. The Labute approximate surface area is 181 Å². The molecular weight excluding hydrogens is 413 g/mol. The Morgan fingerprint density at radius 3 is 2.69 bits per heavy atom. The van der Waals surface area contributed by atoms with Gasteiger partial charge in [0.2, 0.25) is 11.9 Å². The van der Waals surface area contributed by atoms with Crippen molar-refractivity contribution in [2.75, 3.05) is 22.9 Å². The van der Waals surface area contributed by atoms with E-state index < -0.39 is 11.4 Å². The SMILES string of the molecule is CCN(c1nc(N)nc(N)c1C#N)c1nc2cccc(C)c2c(=O)n1-c1cncc(F)c1. The van der Waals surface area contributed by atoms with E-state index >= 15 is 0 Å². The lowest BCUT2D eigenvalue weighted by Gasteiger charge is -2.25. The molecule has 3 heterocycles. The number of nitriles is 1. The summed E-state index contributed by atoms with van der Waals surface area (Å²) in [7, 11) is 0. The van der Waals surface area contributed by atoms with Crippen LogP contribution in [0.15, 0.2) is 41.5 Å². The van der Waals surface area contributed by atoms with Crippen molar-refractivity contribution in [2.45, 2.75) is 13.8 Å². The average molecular weight is 431 g/mol. The molecule has 3 aromatic heterocycles. The molecule has 0 saturated heterocycles. The number of nitrogen functional groups attached to an aromatic ring is 2. The second-order valence-corrected chi connectivity index (χ2v) is 6.90. The van der Waals surface area contributed by atoms with Gasteiger partial charge in [-0.05, 0) is 25.5 Å². The Morgan fingerprint density at radius 2 is 2.00 bits per heavy atom. The molecule has 4 aromatic rings. The smallest absolute Gasteiger partial charge is 0.267 e. The van der Waals surface area contributed by atoms with Crippen LogP contribution in [-0.2, 0) is 0 Å². The largest absolute Gasteiger partial charge is 0.382 e. The minimum absolute atomic E-state index is 0.0245. The number of hydrogen-bond donors (Lipinski definition) is 2. The lowest BCUT2D eigenvalue weighted by atomic mass is 10.1. The molecule has 160 valence electrons. The van der Waals surface area contributed by atoms with Gasteiger partial charge >= 0.3 is 0 Å². The van der Waals surface area contributed by atoms with E-state index in [4.69, 9.17) is 11.5 Å². The van der Waals surface area contributed by atoms with Gasteiger partial charge in [0.05, 0.1) is 29.0 Å². The van der Waals surface area contributed by atoms with Gasteiger partial charge in [0.1, 0.15) is 23.3 Å². The van der Waals surface area contributed by atoms with E-state index in [0.29, 0.717) is 16.5 Å². The summed E-state index contributed by atoms with van der Waals surface area (Å²) in [6.45, 7) is 3.80. The van der Waals surface area contributed by atoms with Crippen LogP contribution in [0.2, 0.25) is 0 Å². The van der Waals surface area contributed by atoms with E-state index in [9.17, 15) is 14.4 Å². The Balaban J connectivity index is 2.14. The van der Waals surface area contributed by atoms with Crippen LogP contribution < -0.4 is 21.9 Å². The number of pyridine rings is 1. The fourth-order valence-corrected chi connectivity index (χ4v) is 3.49. The number of aryl methyl sites for hydroxylation is 1. The Hall–Kier alpha value is -4.59. The second kappa shape index (κ2) is 7.92. The van der Waals surface area contributed by atoms with Gasteiger partial charge in [-0.3, -0.25) is 14.7 Å². The van der Waals surface area contributed by atoms with E-state index in [0.717, 1.165) is 6.20 Å². The third-order valence-electron chi connectivity index (χ3n) is 4.90. The van der Waals surface area contributed by atoms with Crippen molar-refractivity contribution in [2.24, 2.45) is 0 Å². The quantitative estimate of drug-likeness (QED) is 0.495. The van der Waals surface area contributed by atoms with Crippen LogP contribution in [0.3, 0.4) is 0 Å². The summed E-state index contributed by atoms with van der Waals surface area (Å²) in [6.07, 6.45) is 2.38. The van der Waals surface area contributed by atoms with Crippen LogP contribution in [0.1, 0.15) is 18.1 Å². The molecule has 4 rings (SSSR count). The third kappa shape index (κ3) is 3.33. The number of anilines is 4. The topological polar surface area (TPSA) is 153 Å². The van der Waals surface area contributed by atoms with Crippen LogP contribution in [0.4, 0.5) is 27.9 Å². The molecule has 0 radical (unpaired) electrons. The summed E-state index contributed by atoms with van der Waals surface area (Å²) in [4.78, 5) is 31.7. The summed E-state index contributed by atoms with van der Waals surface area (Å²) in [6, 6.07) is 8.41. The molecule has 10 nitrogen and oxygen atoms in total. The number of nitrogens with two attached hydrogens (primary N) is 2. The second-order valence-electron chi connectivity index (χ2n) is 6.90. The van der Waals surface area contributed by atoms with Gasteiger partial charge in [0.15, 0.2) is 5.82 Å². The number of fused-ring (bicyclic) bond motifs is 1. The monoisotopic (exact) mass is 431 g/mol. The first kappa shape index (κ1) is 20.7. The minimum atomic E-state index is -0.624. The fraction of sp³-hybridized carbons (Fsp3) is 0.143. The summed E-state index contributed by atoms with van der Waals surface area (Å²) >= 11 is 0. The number of hydrogen-bond acceptors (Lipinski definition) is 9. The number of aromatic nitrogens is 5. The Kier molecular flexibility index (Phi) is 5.11. The molecule has 0 unspecified atom stereocenters. The molecule has 0 saturated carbocycles. The van der Waals surface area contributed by atoms with Crippen LogP contribution in [0, 0.1) is 24.1 Å². The van der Waals surface area contributed by atoms with Gasteiger partial charge in [-0.15, -0.1) is 0 Å². The van der Waals surface area contributed by atoms with Gasteiger partial charge < -0.3 is 11.5 Å². The number of benzene rings is 1. The predicted octanol–water partition coefficient (Wildman–Crippen LogP) is 2.21. The molecule has 0 aliphatic heterocycles. The van der Waals surface area contributed by atoms with Gasteiger partial charge in [0, 0.05) is 12.6 Å². The average Bonchev–Trinajstić information content (AvgIpc) is 2.74. The molecule has 0 aliphatic rings. The van der Waals surface area contributed by atoms with E-state index in [2.05, 4.69) is 19.9 Å². The highest BCUT2D eigenvalue weighted by molar-refractivity contribution is 5.83. The highest BCUT2D eigenvalue weighted by Gasteiger charge is 2.25. The van der Waals surface area contributed by atoms with Gasteiger partial charge in [0.25, 0.3) is 5.56 Å². The molecule has 0 amide bonds. The zero-order chi connectivity index (χ0) is 23.0. The first-order valence-corrected chi connectivity index (χ1v) is 9.59. The highest BCUT2D eigenvalue weighted by atomic mass is 19.1. The third-order valence-corrected chi connectivity index (χ3v) is 4.90. The van der Waals surface area contributed by atoms with Crippen molar-refractivity contribution in [3.63, 3.8) is 0 Å². The number of halogens is 1. The van der Waals surface area contributed by atoms with Crippen molar-refractivity contribution < 1.29 is 4.39 Å². The zero-order valence-corrected chi connectivity index (χ0v) is 17.2. The van der Waals surface area contributed by atoms with E-state index in [1.54, 1.807) is 32.0 Å². The van der Waals surface area contributed by atoms with E-state index in [-0.39, 0.29) is 41.3 Å². The molecule has 32 heavy (non-hydrogen) atoms. The fourth-order valence-electron chi connectivity index (χ4n) is 3.49. The molecule has 1 aromatic carbocycles. The Bertz CT molecular complexity index is 1460. The first-order chi connectivity index (χ1) is 15.3. The molecule has 0 spiro atoms. The van der Waals surface area contributed by atoms with Crippen LogP contribution in [0.25, 0.3) is 16.6 Å². The minimum Gasteiger partial charge on any atom is -0.382 e. The van der Waals surface area contributed by atoms with Crippen LogP contribution in [0.5, 0.6) is 0 Å². The van der Waals surface area contributed by atoms with E-state index in [1.807, 2.05) is 6.07 Å². The van der Waals surface area contributed by atoms with Crippen LogP contribution >= 0.6 is 0 Å². The maximum Gasteiger partial charge on any atom is 0.267 e. The van der Waals surface area contributed by atoms with Gasteiger partial charge in [-0.2, -0.15) is 15.2 Å². The highest BCUT2D eigenvalue weighted by Crippen LogP contribution is 2.30. The molecule has 0 atom stereocenters. The molecule has 4 N–H and O–H groups in total. The normalized spacial score (nSPS) is 10.8. The maximum atomic E-state index is 14.0. The van der Waals surface area contributed by atoms with Gasteiger partial charge in [-0.25, -0.2) is 13.9 Å². The zero-order valence-electron chi connectivity index (χ0n) is 17.2. The van der Waals surface area contributed by atoms with Crippen molar-refractivity contribution in [3.05, 3.63) is 64.0 Å². The molecule has 0 aliphatic carbocycles. The van der Waals surface area contributed by atoms with Crippen molar-refractivity contribution in [3.8, 4) is 11.8 Å². The number of rotatable bonds is 4. The van der Waals surface area contributed by atoms with Crippen LogP contribution in [-0.4, -0.2) is 31.0 Å².